The van der Waals surface area contributed by atoms with Crippen LogP contribution in [-0.2, 0) is 20.9 Å². The fraction of sp³-hybridized carbons (Fsp3) is 0.357. The number of hydrogen-bond donors (Lipinski definition) is 1. The Morgan fingerprint density at radius 2 is 2.06 bits per heavy atom. The highest BCUT2D eigenvalue weighted by Crippen LogP contribution is 2.08. The van der Waals surface area contributed by atoms with E-state index in [-0.39, 0.29) is 6.10 Å². The molecule has 0 aliphatic rings. The number of benzene rings is 1. The summed E-state index contributed by atoms with van der Waals surface area (Å²) in [6.45, 7) is 3.04. The van der Waals surface area contributed by atoms with Gasteiger partial charge < -0.3 is 14.6 Å². The second kappa shape index (κ2) is 7.63. The summed E-state index contributed by atoms with van der Waals surface area (Å²) < 4.78 is 10.5. The highest BCUT2D eigenvalue weighted by Gasteiger charge is 2.01. The molecule has 0 aliphatic heterocycles. The lowest BCUT2D eigenvalue weighted by molar-refractivity contribution is -0.131. The molecule has 0 aromatic heterocycles. The van der Waals surface area contributed by atoms with Crippen molar-refractivity contribution in [2.75, 3.05) is 13.7 Å². The minimum atomic E-state index is -0.948. The van der Waals surface area contributed by atoms with Crippen LogP contribution in [0.25, 0.3) is 6.08 Å². The Hall–Kier alpha value is -1.65. The maximum absolute atomic E-state index is 10.4. The summed E-state index contributed by atoms with van der Waals surface area (Å²) in [5.74, 6) is -0.948. The quantitative estimate of drug-likeness (QED) is 0.755. The van der Waals surface area contributed by atoms with Gasteiger partial charge in [0.2, 0.25) is 0 Å². The first kappa shape index (κ1) is 14.4. The monoisotopic (exact) mass is 250 g/mol. The second-order valence-electron chi connectivity index (χ2n) is 3.99. The van der Waals surface area contributed by atoms with Crippen molar-refractivity contribution >= 4 is 12.0 Å². The molecule has 0 radical (unpaired) electrons. The van der Waals surface area contributed by atoms with Crippen LogP contribution in [0.4, 0.5) is 0 Å². The van der Waals surface area contributed by atoms with Crippen molar-refractivity contribution in [3.63, 3.8) is 0 Å². The van der Waals surface area contributed by atoms with E-state index in [1.165, 1.54) is 0 Å². The zero-order valence-corrected chi connectivity index (χ0v) is 10.6. The topological polar surface area (TPSA) is 55.8 Å². The van der Waals surface area contributed by atoms with Crippen molar-refractivity contribution in [2.24, 2.45) is 0 Å². The smallest absolute Gasteiger partial charge is 0.328 e. The van der Waals surface area contributed by atoms with Crippen LogP contribution in [0.3, 0.4) is 0 Å². The molecule has 4 heteroatoms. The molecule has 0 bridgehead atoms. The van der Waals surface area contributed by atoms with Crippen LogP contribution in [0.5, 0.6) is 0 Å². The van der Waals surface area contributed by atoms with Gasteiger partial charge in [-0.25, -0.2) is 4.79 Å². The number of ether oxygens (including phenoxy) is 2. The average molecular weight is 250 g/mol. The van der Waals surface area contributed by atoms with Crippen LogP contribution >= 0.6 is 0 Å². The zero-order chi connectivity index (χ0) is 13.4. The lowest BCUT2D eigenvalue weighted by Crippen LogP contribution is -2.14. The van der Waals surface area contributed by atoms with Gasteiger partial charge in [-0.05, 0) is 24.1 Å². The molecule has 0 saturated heterocycles. The first-order valence-electron chi connectivity index (χ1n) is 5.72. The molecule has 0 saturated carbocycles. The summed E-state index contributed by atoms with van der Waals surface area (Å²) in [4.78, 5) is 10.4. The molecule has 98 valence electrons. The van der Waals surface area contributed by atoms with Crippen LogP contribution in [0.15, 0.2) is 30.3 Å². The van der Waals surface area contributed by atoms with Gasteiger partial charge in [0.25, 0.3) is 0 Å². The molecule has 1 aromatic rings. The van der Waals surface area contributed by atoms with Crippen molar-refractivity contribution in [3.05, 3.63) is 41.5 Å². The Morgan fingerprint density at radius 3 is 2.61 bits per heavy atom. The third kappa shape index (κ3) is 5.61. The van der Waals surface area contributed by atoms with Crippen molar-refractivity contribution in [1.82, 2.24) is 0 Å². The molecule has 1 aromatic carbocycles. The molecule has 0 fully saturated rings. The van der Waals surface area contributed by atoms with Crippen molar-refractivity contribution in [3.8, 4) is 0 Å². The number of hydrogen-bond acceptors (Lipinski definition) is 3. The van der Waals surface area contributed by atoms with Crippen LogP contribution < -0.4 is 0 Å². The molecule has 4 nitrogen and oxygen atoms in total. The second-order valence-corrected chi connectivity index (χ2v) is 3.99. The molecule has 0 heterocycles. The Morgan fingerprint density at radius 1 is 1.39 bits per heavy atom. The van der Waals surface area contributed by atoms with Crippen molar-refractivity contribution in [1.29, 1.82) is 0 Å². The van der Waals surface area contributed by atoms with E-state index in [9.17, 15) is 4.79 Å². The third-order valence-electron chi connectivity index (χ3n) is 2.33. The van der Waals surface area contributed by atoms with Crippen molar-refractivity contribution < 1.29 is 19.4 Å². The molecular weight excluding hydrogens is 232 g/mol. The molecule has 0 aliphatic carbocycles. The summed E-state index contributed by atoms with van der Waals surface area (Å²) in [7, 11) is 1.64. The van der Waals surface area contributed by atoms with Crippen molar-refractivity contribution in [2.45, 2.75) is 19.6 Å². The van der Waals surface area contributed by atoms with Gasteiger partial charge >= 0.3 is 5.97 Å². The number of methoxy groups -OCH3 is 1. The first-order chi connectivity index (χ1) is 8.61. The maximum atomic E-state index is 10.4. The summed E-state index contributed by atoms with van der Waals surface area (Å²) >= 11 is 0. The average Bonchev–Trinajstić information content (AvgIpc) is 2.35. The predicted octanol–water partition coefficient (Wildman–Crippen LogP) is 2.34. The van der Waals surface area contributed by atoms with E-state index in [2.05, 4.69) is 0 Å². The van der Waals surface area contributed by atoms with Crippen LogP contribution in [0, 0.1) is 0 Å². The molecule has 0 spiro atoms. The highest BCUT2D eigenvalue weighted by atomic mass is 16.5. The van der Waals surface area contributed by atoms with Gasteiger partial charge in [0.05, 0.1) is 19.3 Å². The lowest BCUT2D eigenvalue weighted by atomic mass is 10.1. The van der Waals surface area contributed by atoms with Gasteiger partial charge in [-0.15, -0.1) is 0 Å². The standard InChI is InChI=1S/C14H18O4/c1-11(9-17-2)18-10-13-5-3-12(4-6-13)7-8-14(15)16/h3-8,11H,9-10H2,1-2H3,(H,15,16). The maximum Gasteiger partial charge on any atom is 0.328 e. The van der Waals surface area contributed by atoms with Gasteiger partial charge in [-0.3, -0.25) is 0 Å². The van der Waals surface area contributed by atoms with Gasteiger partial charge in [-0.2, -0.15) is 0 Å². The fourth-order valence-electron chi connectivity index (χ4n) is 1.41. The van der Waals surface area contributed by atoms with E-state index in [0.29, 0.717) is 13.2 Å². The van der Waals surface area contributed by atoms with Gasteiger partial charge in [0.15, 0.2) is 0 Å². The Labute approximate surface area is 107 Å². The normalized spacial score (nSPS) is 12.8. The zero-order valence-electron chi connectivity index (χ0n) is 10.6. The number of carboxylic acids is 1. The molecule has 1 unspecified atom stereocenters. The van der Waals surface area contributed by atoms with E-state index >= 15 is 0 Å². The highest BCUT2D eigenvalue weighted by molar-refractivity contribution is 5.85. The minimum Gasteiger partial charge on any atom is -0.478 e. The lowest BCUT2D eigenvalue weighted by Gasteiger charge is -2.11. The molecule has 18 heavy (non-hydrogen) atoms. The number of carboxylic acid groups (broad SMARTS) is 1. The third-order valence-corrected chi connectivity index (χ3v) is 2.33. The van der Waals surface area contributed by atoms with E-state index in [4.69, 9.17) is 14.6 Å². The Balaban J connectivity index is 2.47. The summed E-state index contributed by atoms with van der Waals surface area (Å²) in [6, 6.07) is 7.56. The Bertz CT molecular complexity index is 395. The van der Waals surface area contributed by atoms with Gasteiger partial charge in [0, 0.05) is 13.2 Å². The Kier molecular flexibility index (Phi) is 6.11. The van der Waals surface area contributed by atoms with E-state index in [1.54, 1.807) is 13.2 Å². The summed E-state index contributed by atoms with van der Waals surface area (Å²) in [5, 5.41) is 8.51. The molecule has 0 amide bonds. The van der Waals surface area contributed by atoms with E-state index in [0.717, 1.165) is 17.2 Å². The summed E-state index contributed by atoms with van der Waals surface area (Å²) in [6.07, 6.45) is 2.73. The summed E-state index contributed by atoms with van der Waals surface area (Å²) in [5.41, 5.74) is 1.90. The van der Waals surface area contributed by atoms with Gasteiger partial charge in [0.1, 0.15) is 0 Å². The van der Waals surface area contributed by atoms with Crippen LogP contribution in [0.2, 0.25) is 0 Å². The largest absolute Gasteiger partial charge is 0.478 e. The fourth-order valence-corrected chi connectivity index (χ4v) is 1.41. The van der Waals surface area contributed by atoms with E-state index in [1.807, 2.05) is 31.2 Å². The molecule has 1 atom stereocenters. The minimum absolute atomic E-state index is 0.0570. The van der Waals surface area contributed by atoms with E-state index < -0.39 is 5.97 Å². The molecular formula is C14H18O4. The molecule has 1 rings (SSSR count). The molecule has 1 N–H and O–H groups in total. The number of rotatable bonds is 7. The SMILES string of the molecule is COCC(C)OCc1ccc(C=CC(=O)O)cc1. The number of aliphatic carboxylic acids is 1. The number of carbonyl (C=O) groups is 1. The predicted molar refractivity (Wildman–Crippen MR) is 69.2 cm³/mol. The van der Waals surface area contributed by atoms with Gasteiger partial charge in [-0.1, -0.05) is 24.3 Å². The van der Waals surface area contributed by atoms with Crippen LogP contribution in [0.1, 0.15) is 18.1 Å². The van der Waals surface area contributed by atoms with Crippen LogP contribution in [-0.4, -0.2) is 30.9 Å². The first-order valence-corrected chi connectivity index (χ1v) is 5.72.